The van der Waals surface area contributed by atoms with Crippen LogP contribution < -0.4 is 16.0 Å². The first kappa shape index (κ1) is 27.7. The summed E-state index contributed by atoms with van der Waals surface area (Å²) in [7, 11) is 3.07. The number of hydrogen-bond acceptors (Lipinski definition) is 9. The first-order valence-electron chi connectivity index (χ1n) is 12.7. The van der Waals surface area contributed by atoms with Crippen molar-refractivity contribution < 1.29 is 23.8 Å². The topological polar surface area (TPSA) is 134 Å². The molecule has 0 saturated carbocycles. The Hall–Kier alpha value is -3.88. The maximum atomic E-state index is 14.4. The van der Waals surface area contributed by atoms with E-state index in [1.165, 1.54) is 52.0 Å². The van der Waals surface area contributed by atoms with E-state index in [0.717, 1.165) is 15.9 Å². The Kier molecular flexibility index (Phi) is 7.83. The van der Waals surface area contributed by atoms with Crippen LogP contribution >= 0.6 is 11.3 Å². The van der Waals surface area contributed by atoms with Gasteiger partial charge in [-0.05, 0) is 38.0 Å². The number of ether oxygens (including phenoxy) is 2. The molecule has 0 spiro atoms. The van der Waals surface area contributed by atoms with E-state index in [0.29, 0.717) is 46.1 Å². The van der Waals surface area contributed by atoms with Gasteiger partial charge in [0.2, 0.25) is 5.91 Å². The van der Waals surface area contributed by atoms with Crippen molar-refractivity contribution in [2.75, 3.05) is 33.9 Å². The third-order valence-corrected chi connectivity index (χ3v) is 8.32. The molecule has 1 N–H and O–H groups in total. The van der Waals surface area contributed by atoms with Gasteiger partial charge in [-0.1, -0.05) is 11.3 Å². The van der Waals surface area contributed by atoms with Crippen molar-refractivity contribution in [2.45, 2.75) is 38.5 Å². The summed E-state index contributed by atoms with van der Waals surface area (Å²) in [5.74, 6) is -0.494. The molecule has 1 amide bonds. The number of rotatable bonds is 10. The van der Waals surface area contributed by atoms with E-state index >= 15 is 0 Å². The molecule has 0 unspecified atom stereocenters. The number of halogens is 1. The van der Waals surface area contributed by atoms with E-state index in [2.05, 4.69) is 10.2 Å². The Morgan fingerprint density at radius 2 is 1.98 bits per heavy atom. The lowest BCUT2D eigenvalue weighted by atomic mass is 10.1. The van der Waals surface area contributed by atoms with Gasteiger partial charge in [0.15, 0.2) is 0 Å². The Labute approximate surface area is 231 Å². The van der Waals surface area contributed by atoms with Gasteiger partial charge in [-0.2, -0.15) is 10.2 Å². The van der Waals surface area contributed by atoms with E-state index in [1.807, 2.05) is 0 Å². The van der Waals surface area contributed by atoms with Crippen molar-refractivity contribution in [3.8, 4) is 10.8 Å². The molecular weight excluding hydrogens is 543 g/mol. The highest BCUT2D eigenvalue weighted by Crippen LogP contribution is 2.34. The van der Waals surface area contributed by atoms with Gasteiger partial charge in [0.25, 0.3) is 5.56 Å². The molecule has 1 saturated heterocycles. The summed E-state index contributed by atoms with van der Waals surface area (Å²) in [6.07, 6.45) is 2.74. The second-order valence-corrected chi connectivity index (χ2v) is 10.5. The average molecular weight is 573 g/mol. The van der Waals surface area contributed by atoms with Gasteiger partial charge in [-0.15, -0.1) is 4.80 Å². The highest BCUT2D eigenvalue weighted by molar-refractivity contribution is 7.21. The molecule has 5 rings (SSSR count). The lowest BCUT2D eigenvalue weighted by Gasteiger charge is -2.23. The molecule has 1 aliphatic heterocycles. The summed E-state index contributed by atoms with van der Waals surface area (Å²) in [5.41, 5.74) is -0.336. The summed E-state index contributed by atoms with van der Waals surface area (Å²) in [5, 5.41) is 18.5. The van der Waals surface area contributed by atoms with Crippen LogP contribution in [0.4, 0.5) is 4.39 Å². The van der Waals surface area contributed by atoms with Crippen molar-refractivity contribution in [2.24, 2.45) is 0 Å². The fraction of sp³-hybridized carbons (Fsp3) is 0.423. The van der Waals surface area contributed by atoms with Gasteiger partial charge in [0, 0.05) is 37.9 Å². The molecule has 1 aromatic carbocycles. The molecule has 3 aromatic heterocycles. The van der Waals surface area contributed by atoms with Crippen LogP contribution in [-0.2, 0) is 16.1 Å². The minimum absolute atomic E-state index is 0.121. The highest BCUT2D eigenvalue weighted by atomic mass is 32.1. The molecule has 14 heteroatoms. The van der Waals surface area contributed by atoms with Crippen LogP contribution in [0.1, 0.15) is 36.1 Å². The summed E-state index contributed by atoms with van der Waals surface area (Å²) in [6.45, 7) is 2.03. The standard InChI is InChI=1S/C26H29FN6O6S/c1-15-21-23(36)32(18-7-10-30(2)22(18)35)26(37)31(25(21)40-24(15)33-28-8-9-29-33)14-20(39-12-4-11-34)17-13-16(27)5-6-19(17)38-3/h5-6,8-9,13,18,20,34H,4,7,10-12,14H2,1-3H3/t18-,20+/m1/s1. The van der Waals surface area contributed by atoms with Crippen LogP contribution in [0.3, 0.4) is 0 Å². The monoisotopic (exact) mass is 572 g/mol. The van der Waals surface area contributed by atoms with Crippen LogP contribution in [0, 0.1) is 12.7 Å². The minimum atomic E-state index is -0.955. The second-order valence-electron chi connectivity index (χ2n) is 9.49. The van der Waals surface area contributed by atoms with Gasteiger partial charge in [-0.3, -0.25) is 14.2 Å². The molecule has 1 fully saturated rings. The third-order valence-electron chi connectivity index (χ3n) is 7.04. The van der Waals surface area contributed by atoms with Crippen LogP contribution in [0.5, 0.6) is 5.75 Å². The molecular formula is C26H29FN6O6S. The number of amides is 1. The third kappa shape index (κ3) is 4.82. The van der Waals surface area contributed by atoms with Crippen LogP contribution in [0.2, 0.25) is 0 Å². The second kappa shape index (κ2) is 11.3. The molecule has 212 valence electrons. The van der Waals surface area contributed by atoms with Gasteiger partial charge in [0.1, 0.15) is 33.5 Å². The van der Waals surface area contributed by atoms with Crippen molar-refractivity contribution >= 4 is 27.5 Å². The molecule has 0 radical (unpaired) electrons. The van der Waals surface area contributed by atoms with Gasteiger partial charge >= 0.3 is 5.69 Å². The number of fused-ring (bicyclic) bond motifs is 1. The first-order valence-corrected chi connectivity index (χ1v) is 13.5. The summed E-state index contributed by atoms with van der Waals surface area (Å²) in [4.78, 5) is 44.1. The Morgan fingerprint density at radius 3 is 2.62 bits per heavy atom. The number of aryl methyl sites for hydroxylation is 1. The number of nitrogens with zero attached hydrogens (tertiary/aromatic N) is 6. The molecule has 40 heavy (non-hydrogen) atoms. The van der Waals surface area contributed by atoms with Crippen molar-refractivity contribution in [3.05, 3.63) is 68.4 Å². The van der Waals surface area contributed by atoms with Crippen LogP contribution in [-0.4, -0.2) is 74.0 Å². The molecule has 1 aliphatic rings. The number of likely N-dealkylation sites (tertiary alicyclic amines) is 1. The normalized spacial score (nSPS) is 16.3. The number of thiophene rings is 1. The number of carbonyl (C=O) groups is 1. The summed E-state index contributed by atoms with van der Waals surface area (Å²) in [6, 6.07) is 3.04. The smallest absolute Gasteiger partial charge is 0.332 e. The zero-order valence-corrected chi connectivity index (χ0v) is 23.1. The highest BCUT2D eigenvalue weighted by Gasteiger charge is 2.35. The Balaban J connectivity index is 1.75. The quantitative estimate of drug-likeness (QED) is 0.285. The number of carbonyl (C=O) groups excluding carboxylic acids is 1. The predicted octanol–water partition coefficient (Wildman–Crippen LogP) is 1.81. The maximum absolute atomic E-state index is 14.4. The maximum Gasteiger partial charge on any atom is 0.332 e. The van der Waals surface area contributed by atoms with Gasteiger partial charge in [0.05, 0.1) is 31.4 Å². The number of benzene rings is 1. The van der Waals surface area contributed by atoms with E-state index in [1.54, 1.807) is 14.0 Å². The number of aliphatic hydroxyl groups excluding tert-OH is 1. The molecule has 2 atom stereocenters. The largest absolute Gasteiger partial charge is 0.496 e. The Morgan fingerprint density at radius 1 is 1.23 bits per heavy atom. The van der Waals surface area contributed by atoms with E-state index in [-0.39, 0.29) is 31.1 Å². The average Bonchev–Trinajstić information content (AvgIpc) is 3.66. The lowest BCUT2D eigenvalue weighted by Crippen LogP contribution is -2.44. The zero-order chi connectivity index (χ0) is 28.6. The molecule has 0 aliphatic carbocycles. The molecule has 4 aromatic rings. The van der Waals surface area contributed by atoms with Crippen molar-refractivity contribution in [3.63, 3.8) is 0 Å². The molecule has 12 nitrogen and oxygen atoms in total. The molecule has 4 heterocycles. The number of likely N-dealkylation sites (N-methyl/N-ethyl adjacent to an activating group) is 1. The summed E-state index contributed by atoms with van der Waals surface area (Å²) >= 11 is 1.16. The summed E-state index contributed by atoms with van der Waals surface area (Å²) < 4.78 is 28.3. The predicted molar refractivity (Wildman–Crippen MR) is 145 cm³/mol. The fourth-order valence-electron chi connectivity index (χ4n) is 5.00. The van der Waals surface area contributed by atoms with Crippen LogP contribution in [0.25, 0.3) is 15.2 Å². The Bertz CT molecular complexity index is 1660. The minimum Gasteiger partial charge on any atom is -0.496 e. The number of aliphatic hydroxyl groups is 1. The zero-order valence-electron chi connectivity index (χ0n) is 22.2. The fourth-order valence-corrected chi connectivity index (χ4v) is 6.22. The lowest BCUT2D eigenvalue weighted by molar-refractivity contribution is -0.129. The van der Waals surface area contributed by atoms with Crippen LogP contribution in [0.15, 0.2) is 40.2 Å². The SMILES string of the molecule is COc1ccc(F)cc1[C@H](Cn1c(=O)n([C@@H]2CCN(C)C2=O)c(=O)c2c(C)c(-n3nccn3)sc21)OCCCO. The van der Waals surface area contributed by atoms with Gasteiger partial charge < -0.3 is 19.5 Å². The van der Waals surface area contributed by atoms with Crippen molar-refractivity contribution in [1.29, 1.82) is 0 Å². The van der Waals surface area contributed by atoms with E-state index in [4.69, 9.17) is 9.47 Å². The number of methoxy groups -OCH3 is 1. The van der Waals surface area contributed by atoms with Crippen molar-refractivity contribution in [1.82, 2.24) is 29.0 Å². The molecule has 0 bridgehead atoms. The van der Waals surface area contributed by atoms with E-state index < -0.39 is 29.2 Å². The number of aromatic nitrogens is 5. The number of hydrogen-bond donors (Lipinski definition) is 1. The first-order chi connectivity index (χ1) is 19.3. The van der Waals surface area contributed by atoms with Gasteiger partial charge in [-0.25, -0.2) is 13.8 Å². The van der Waals surface area contributed by atoms with E-state index in [9.17, 15) is 23.9 Å².